The van der Waals surface area contributed by atoms with Gasteiger partial charge in [0.25, 0.3) is 0 Å². The Labute approximate surface area is 484 Å². The molecule has 0 aliphatic heterocycles. The van der Waals surface area contributed by atoms with Gasteiger partial charge in [0.2, 0.25) is 17.8 Å². The normalized spacial score (nSPS) is 11.6. The lowest BCUT2D eigenvalue weighted by atomic mass is 10.1. The van der Waals surface area contributed by atoms with Gasteiger partial charge in [-0.05, 0) is 140 Å². The average molecular weight is 1080 g/mol. The van der Waals surface area contributed by atoms with Crippen LogP contribution in [0.5, 0.6) is 0 Å². The van der Waals surface area contributed by atoms with Crippen LogP contribution in [-0.2, 0) is 0 Å². The Morgan fingerprint density at radius 2 is 0.512 bits per heavy atom. The maximum atomic E-state index is 5.71. The van der Waals surface area contributed by atoms with Crippen molar-refractivity contribution in [1.29, 1.82) is 0 Å². The highest BCUT2D eigenvalue weighted by Gasteiger charge is 2.27. The molecule has 0 fully saturated rings. The van der Waals surface area contributed by atoms with Gasteiger partial charge in [0, 0.05) is 77.8 Å². The van der Waals surface area contributed by atoms with Crippen molar-refractivity contribution in [2.45, 2.75) is 0 Å². The lowest BCUT2D eigenvalue weighted by Gasteiger charge is -2.27. The largest absolute Gasteiger partial charge is 0.310 e. The van der Waals surface area contributed by atoms with Crippen molar-refractivity contribution in [2.75, 3.05) is 14.7 Å². The first-order chi connectivity index (χ1) is 41.7. The Bertz CT molecular complexity index is 5040. The van der Waals surface area contributed by atoms with Crippen LogP contribution in [0.25, 0.3) is 82.7 Å². The molecule has 16 aromatic rings. The van der Waals surface area contributed by atoms with Crippen molar-refractivity contribution >= 4 is 117 Å². The quantitative estimate of drug-likeness (QED) is 0.121. The summed E-state index contributed by atoms with van der Waals surface area (Å²) in [5, 5.41) is 6.69. The number of fused-ring (bicyclic) bond motifs is 9. The SMILES string of the molecule is c1ccc(N(c2ccccc2)c2ccc3c(c2)c2ccccc2n3-c2nc(N(c3ccccc3)c3ccc4c(c3)c3ccccc3n4-c3ccccc3)nc(N(c3ccccc3)c3ccc4c5ccccc5n(-c5ccccc5)c4c3)n2)cc1. The molecule has 0 bridgehead atoms. The monoisotopic (exact) mass is 1080 g/mol. The second-order valence-electron chi connectivity index (χ2n) is 20.9. The summed E-state index contributed by atoms with van der Waals surface area (Å²) in [5.74, 6) is 1.34. The molecule has 396 valence electrons. The number of aromatic nitrogens is 6. The van der Waals surface area contributed by atoms with E-state index in [-0.39, 0.29) is 0 Å². The molecule has 16 rings (SSSR count). The Balaban J connectivity index is 0.971. The summed E-state index contributed by atoms with van der Waals surface area (Å²) >= 11 is 0. The summed E-state index contributed by atoms with van der Waals surface area (Å²) in [6, 6.07) is 109. The smallest absolute Gasteiger partial charge is 0.241 e. The molecule has 12 aromatic carbocycles. The van der Waals surface area contributed by atoms with Crippen molar-refractivity contribution in [3.05, 3.63) is 309 Å². The number of para-hydroxylation sites is 9. The van der Waals surface area contributed by atoms with Crippen LogP contribution in [0.3, 0.4) is 0 Å². The zero-order valence-electron chi connectivity index (χ0n) is 45.5. The molecule has 9 nitrogen and oxygen atoms in total. The van der Waals surface area contributed by atoms with Gasteiger partial charge in [-0.1, -0.05) is 170 Å². The van der Waals surface area contributed by atoms with E-state index in [9.17, 15) is 0 Å². The van der Waals surface area contributed by atoms with E-state index in [1.807, 2.05) is 12.1 Å². The molecule has 0 amide bonds. The number of rotatable bonds is 12. The standard InChI is InChI=1S/C75H51N9/c1-7-25-52(26-8-1)79(53-27-9-2-10-28-53)58-44-48-71-66(49-58)63-39-21-24-42-69(63)84(71)75-77-73(80(54-29-11-3-12-30-54)59-45-47-70-65(50-59)62-38-20-23-41-68(62)82(70)56-33-15-5-16-34-56)76-74(78-75)81(55-31-13-4-14-32-55)60-43-46-64-61-37-19-22-40-67(61)83(72(64)51-60)57-35-17-6-18-36-57/h1-51H. The first-order valence-corrected chi connectivity index (χ1v) is 28.3. The average Bonchev–Trinajstić information content (AvgIpc) is 2.96. The molecule has 0 atom stereocenters. The predicted molar refractivity (Wildman–Crippen MR) is 347 cm³/mol. The minimum Gasteiger partial charge on any atom is -0.310 e. The van der Waals surface area contributed by atoms with Crippen LogP contribution in [-0.4, -0.2) is 28.7 Å². The third-order valence-corrected chi connectivity index (χ3v) is 16.0. The van der Waals surface area contributed by atoms with Crippen molar-refractivity contribution in [1.82, 2.24) is 28.7 Å². The van der Waals surface area contributed by atoms with Crippen molar-refractivity contribution in [3.63, 3.8) is 0 Å². The summed E-state index contributed by atoms with van der Waals surface area (Å²) in [6.45, 7) is 0. The van der Waals surface area contributed by atoms with E-state index >= 15 is 0 Å². The molecular weight excluding hydrogens is 1030 g/mol. The molecule has 4 heterocycles. The zero-order valence-corrected chi connectivity index (χ0v) is 45.5. The van der Waals surface area contributed by atoms with Gasteiger partial charge in [-0.2, -0.15) is 15.0 Å². The topological polar surface area (TPSA) is 63.2 Å². The van der Waals surface area contributed by atoms with Gasteiger partial charge >= 0.3 is 0 Å². The van der Waals surface area contributed by atoms with Gasteiger partial charge in [0.05, 0.1) is 38.8 Å². The van der Waals surface area contributed by atoms with Crippen LogP contribution >= 0.6 is 0 Å². The van der Waals surface area contributed by atoms with E-state index in [1.54, 1.807) is 0 Å². The Morgan fingerprint density at radius 1 is 0.202 bits per heavy atom. The first-order valence-electron chi connectivity index (χ1n) is 28.3. The van der Waals surface area contributed by atoms with Crippen molar-refractivity contribution in [2.24, 2.45) is 0 Å². The molecule has 0 aliphatic carbocycles. The third-order valence-electron chi connectivity index (χ3n) is 16.0. The van der Waals surface area contributed by atoms with E-state index in [0.29, 0.717) is 17.8 Å². The lowest BCUT2D eigenvalue weighted by molar-refractivity contribution is 0.915. The highest BCUT2D eigenvalue weighted by Crippen LogP contribution is 2.45. The Hall–Kier alpha value is -11.6. The van der Waals surface area contributed by atoms with Crippen LogP contribution in [0.2, 0.25) is 0 Å². The Kier molecular flexibility index (Phi) is 11.6. The molecule has 0 aliphatic rings. The minimum atomic E-state index is 0.437. The highest BCUT2D eigenvalue weighted by atomic mass is 15.4. The molecule has 0 saturated heterocycles. The number of hydrogen-bond acceptors (Lipinski definition) is 6. The van der Waals surface area contributed by atoms with Crippen LogP contribution in [0.1, 0.15) is 0 Å². The lowest BCUT2D eigenvalue weighted by Crippen LogP contribution is -2.20. The first kappa shape index (κ1) is 48.4. The summed E-state index contributed by atoms with van der Waals surface area (Å²) in [4.78, 5) is 23.8. The molecule has 0 saturated carbocycles. The fourth-order valence-corrected chi connectivity index (χ4v) is 12.4. The zero-order chi connectivity index (χ0) is 55.5. The van der Waals surface area contributed by atoms with Gasteiger partial charge in [-0.25, -0.2) is 0 Å². The van der Waals surface area contributed by atoms with E-state index in [4.69, 9.17) is 15.0 Å². The van der Waals surface area contributed by atoms with Crippen molar-refractivity contribution < 1.29 is 0 Å². The molecule has 0 N–H and O–H groups in total. The number of nitrogens with zero attached hydrogens (tertiary/aromatic N) is 9. The highest BCUT2D eigenvalue weighted by molar-refractivity contribution is 6.13. The second kappa shape index (κ2) is 20.2. The summed E-state index contributed by atoms with van der Waals surface area (Å²) in [5.41, 5.74) is 15.2. The fourth-order valence-electron chi connectivity index (χ4n) is 12.4. The summed E-state index contributed by atoms with van der Waals surface area (Å²) in [6.07, 6.45) is 0. The fraction of sp³-hybridized carbons (Fsp3) is 0. The summed E-state index contributed by atoms with van der Waals surface area (Å²) in [7, 11) is 0. The van der Waals surface area contributed by atoms with E-state index in [1.165, 1.54) is 5.39 Å². The Morgan fingerprint density at radius 3 is 0.976 bits per heavy atom. The number of hydrogen-bond donors (Lipinski definition) is 0. The molecule has 4 aromatic heterocycles. The minimum absolute atomic E-state index is 0.437. The maximum Gasteiger partial charge on any atom is 0.241 e. The second-order valence-corrected chi connectivity index (χ2v) is 20.9. The molecule has 9 heteroatoms. The number of benzene rings is 12. The molecular formula is C75H51N9. The third kappa shape index (κ3) is 8.13. The van der Waals surface area contributed by atoms with Crippen LogP contribution in [0.15, 0.2) is 309 Å². The van der Waals surface area contributed by atoms with E-state index in [2.05, 4.69) is 326 Å². The van der Waals surface area contributed by atoms with E-state index < -0.39 is 0 Å². The molecule has 0 unspecified atom stereocenters. The van der Waals surface area contributed by atoms with Crippen molar-refractivity contribution in [3.8, 4) is 17.3 Å². The van der Waals surface area contributed by atoms with Crippen LogP contribution in [0.4, 0.5) is 51.7 Å². The van der Waals surface area contributed by atoms with Crippen LogP contribution in [0, 0.1) is 0 Å². The molecule has 0 radical (unpaired) electrons. The van der Waals surface area contributed by atoms with E-state index in [0.717, 1.165) is 111 Å². The van der Waals surface area contributed by atoms with Gasteiger partial charge in [-0.3, -0.25) is 14.4 Å². The van der Waals surface area contributed by atoms with Gasteiger partial charge in [-0.15, -0.1) is 0 Å². The molecule has 84 heavy (non-hydrogen) atoms. The van der Waals surface area contributed by atoms with Crippen LogP contribution < -0.4 is 14.7 Å². The van der Waals surface area contributed by atoms with Gasteiger partial charge in [0.15, 0.2) is 0 Å². The maximum absolute atomic E-state index is 5.71. The number of anilines is 9. The van der Waals surface area contributed by atoms with Gasteiger partial charge < -0.3 is 14.0 Å². The van der Waals surface area contributed by atoms with Gasteiger partial charge in [0.1, 0.15) is 0 Å². The summed E-state index contributed by atoms with van der Waals surface area (Å²) < 4.78 is 6.91. The predicted octanol–water partition coefficient (Wildman–Crippen LogP) is 19.6. The molecule has 0 spiro atoms.